The lowest BCUT2D eigenvalue weighted by Gasteiger charge is -2.05. The molecule has 2 heterocycles. The van der Waals surface area contributed by atoms with Crippen molar-refractivity contribution in [3.8, 4) is 11.4 Å². The minimum Gasteiger partial charge on any atom is -0.380 e. The lowest BCUT2D eigenvalue weighted by molar-refractivity contribution is 0.432. The summed E-state index contributed by atoms with van der Waals surface area (Å²) in [5.41, 5.74) is 7.25. The van der Waals surface area contributed by atoms with E-state index in [9.17, 15) is 4.39 Å². The van der Waals surface area contributed by atoms with Crippen molar-refractivity contribution in [3.05, 3.63) is 12.3 Å². The Morgan fingerprint density at radius 2 is 2.31 bits per heavy atom. The van der Waals surface area contributed by atoms with Gasteiger partial charge in [0.25, 0.3) is 0 Å². The molecule has 6 nitrogen and oxygen atoms in total. The van der Waals surface area contributed by atoms with Crippen molar-refractivity contribution in [3.63, 3.8) is 0 Å². The summed E-state index contributed by atoms with van der Waals surface area (Å²) in [4.78, 5) is 0. The number of hydrogen-bond acceptors (Lipinski definition) is 4. The predicted octanol–water partition coefficient (Wildman–Crippen LogP) is 0.620. The van der Waals surface area contributed by atoms with Crippen molar-refractivity contribution in [2.75, 3.05) is 12.4 Å². The molecule has 2 rings (SSSR count). The first-order valence-electron chi connectivity index (χ1n) is 4.97. The Balaban J connectivity index is 2.39. The van der Waals surface area contributed by atoms with Crippen LogP contribution in [0.4, 0.5) is 10.2 Å². The van der Waals surface area contributed by atoms with Crippen LogP contribution in [0.2, 0.25) is 0 Å². The highest BCUT2D eigenvalue weighted by molar-refractivity contribution is 5.66. The molecule has 0 aliphatic rings. The van der Waals surface area contributed by atoms with Crippen LogP contribution in [0.25, 0.3) is 11.4 Å². The first-order chi connectivity index (χ1) is 7.74. The third-order valence-electron chi connectivity index (χ3n) is 2.33. The number of nitrogens with zero attached hydrogens (tertiary/aromatic N) is 5. The SMILES string of the molecule is Cn1nccc1-c1c(N)nnn1CCCF. The molecular weight excluding hydrogens is 211 g/mol. The molecule has 0 amide bonds. The summed E-state index contributed by atoms with van der Waals surface area (Å²) in [7, 11) is 1.81. The van der Waals surface area contributed by atoms with E-state index in [1.54, 1.807) is 22.6 Å². The van der Waals surface area contributed by atoms with Gasteiger partial charge in [-0.05, 0) is 12.5 Å². The second-order valence-corrected chi connectivity index (χ2v) is 3.43. The first-order valence-corrected chi connectivity index (χ1v) is 4.97. The van der Waals surface area contributed by atoms with E-state index in [0.717, 1.165) is 5.69 Å². The fourth-order valence-corrected chi connectivity index (χ4v) is 1.56. The molecule has 0 radical (unpaired) electrons. The molecule has 0 unspecified atom stereocenters. The lowest BCUT2D eigenvalue weighted by Crippen LogP contribution is -2.06. The summed E-state index contributed by atoms with van der Waals surface area (Å²) in [6, 6.07) is 1.82. The van der Waals surface area contributed by atoms with E-state index in [1.807, 2.05) is 6.07 Å². The molecule has 0 aromatic carbocycles. The molecule has 0 saturated carbocycles. The Morgan fingerprint density at radius 1 is 1.50 bits per heavy atom. The Bertz CT molecular complexity index is 474. The Labute approximate surface area is 91.9 Å². The predicted molar refractivity (Wildman–Crippen MR) is 57.2 cm³/mol. The van der Waals surface area contributed by atoms with Gasteiger partial charge in [-0.2, -0.15) is 5.10 Å². The van der Waals surface area contributed by atoms with Crippen molar-refractivity contribution in [2.24, 2.45) is 7.05 Å². The number of aromatic nitrogens is 5. The van der Waals surface area contributed by atoms with E-state index in [-0.39, 0.29) is 6.67 Å². The molecular formula is C9H13FN6. The van der Waals surface area contributed by atoms with Crippen LogP contribution in [0, 0.1) is 0 Å². The third kappa shape index (κ3) is 1.75. The number of nitrogens with two attached hydrogens (primary N) is 1. The lowest BCUT2D eigenvalue weighted by atomic mass is 10.3. The minimum absolute atomic E-state index is 0.336. The maximum atomic E-state index is 12.1. The van der Waals surface area contributed by atoms with E-state index in [1.165, 1.54) is 0 Å². The van der Waals surface area contributed by atoms with Crippen molar-refractivity contribution in [1.29, 1.82) is 0 Å². The van der Waals surface area contributed by atoms with Crippen LogP contribution in [0.15, 0.2) is 12.3 Å². The van der Waals surface area contributed by atoms with Gasteiger partial charge in [-0.3, -0.25) is 9.07 Å². The number of aryl methyl sites for hydroxylation is 2. The maximum Gasteiger partial charge on any atom is 0.175 e. The summed E-state index contributed by atoms with van der Waals surface area (Å²) in [6.07, 6.45) is 2.06. The zero-order valence-corrected chi connectivity index (χ0v) is 8.97. The zero-order valence-electron chi connectivity index (χ0n) is 8.97. The van der Waals surface area contributed by atoms with E-state index in [0.29, 0.717) is 24.5 Å². The molecule has 0 spiro atoms. The molecule has 2 N–H and O–H groups in total. The molecule has 0 saturated heterocycles. The molecule has 0 bridgehead atoms. The van der Waals surface area contributed by atoms with Crippen LogP contribution in [-0.2, 0) is 13.6 Å². The van der Waals surface area contributed by atoms with Gasteiger partial charge in [0, 0.05) is 19.8 Å². The number of nitrogen functional groups attached to an aromatic ring is 1. The van der Waals surface area contributed by atoms with Gasteiger partial charge in [-0.15, -0.1) is 5.10 Å². The second-order valence-electron chi connectivity index (χ2n) is 3.43. The fraction of sp³-hybridized carbons (Fsp3) is 0.444. The summed E-state index contributed by atoms with van der Waals surface area (Å²) in [5, 5.41) is 11.7. The van der Waals surface area contributed by atoms with Crippen LogP contribution in [0.1, 0.15) is 6.42 Å². The van der Waals surface area contributed by atoms with E-state index in [2.05, 4.69) is 15.4 Å². The summed E-state index contributed by atoms with van der Waals surface area (Å²) < 4.78 is 15.4. The zero-order chi connectivity index (χ0) is 11.5. The molecule has 86 valence electrons. The van der Waals surface area contributed by atoms with Crippen LogP contribution < -0.4 is 5.73 Å². The molecule has 2 aromatic heterocycles. The average molecular weight is 224 g/mol. The molecule has 0 fully saturated rings. The Morgan fingerprint density at radius 3 is 2.94 bits per heavy atom. The van der Waals surface area contributed by atoms with Crippen LogP contribution in [0.5, 0.6) is 0 Å². The van der Waals surface area contributed by atoms with E-state index < -0.39 is 0 Å². The Hall–Kier alpha value is -1.92. The number of hydrogen-bond donors (Lipinski definition) is 1. The van der Waals surface area contributed by atoms with Crippen molar-refractivity contribution >= 4 is 5.82 Å². The van der Waals surface area contributed by atoms with Crippen molar-refractivity contribution in [2.45, 2.75) is 13.0 Å². The van der Waals surface area contributed by atoms with Gasteiger partial charge >= 0.3 is 0 Å². The van der Waals surface area contributed by atoms with Gasteiger partial charge in [0.05, 0.1) is 12.4 Å². The summed E-state index contributed by atoms with van der Waals surface area (Å²) in [6.45, 7) is 0.0752. The summed E-state index contributed by atoms with van der Waals surface area (Å²) >= 11 is 0. The third-order valence-corrected chi connectivity index (χ3v) is 2.33. The number of alkyl halides is 1. The van der Waals surface area contributed by atoms with E-state index in [4.69, 9.17) is 5.73 Å². The number of anilines is 1. The van der Waals surface area contributed by atoms with Gasteiger partial charge in [-0.25, -0.2) is 4.68 Å². The number of halogens is 1. The minimum atomic E-state index is -0.384. The van der Waals surface area contributed by atoms with Gasteiger partial charge in [0.15, 0.2) is 5.82 Å². The Kier molecular flexibility index (Phi) is 2.84. The monoisotopic (exact) mass is 224 g/mol. The standard InChI is InChI=1S/C9H13FN6/c1-15-7(3-5-12-15)8-9(11)13-14-16(8)6-2-4-10/h3,5H,2,4,6,11H2,1H3. The van der Waals surface area contributed by atoms with Crippen LogP contribution >= 0.6 is 0 Å². The molecule has 0 aliphatic heterocycles. The highest BCUT2D eigenvalue weighted by Crippen LogP contribution is 2.22. The van der Waals surface area contributed by atoms with Crippen molar-refractivity contribution in [1.82, 2.24) is 24.8 Å². The highest BCUT2D eigenvalue weighted by atomic mass is 19.1. The van der Waals surface area contributed by atoms with Gasteiger partial charge < -0.3 is 5.73 Å². The quantitative estimate of drug-likeness (QED) is 0.826. The topological polar surface area (TPSA) is 74.6 Å². The average Bonchev–Trinajstić information content (AvgIpc) is 2.82. The summed E-state index contributed by atoms with van der Waals surface area (Å²) in [5.74, 6) is 0.336. The number of rotatable bonds is 4. The van der Waals surface area contributed by atoms with E-state index >= 15 is 0 Å². The van der Waals surface area contributed by atoms with Gasteiger partial charge in [0.1, 0.15) is 5.69 Å². The highest BCUT2D eigenvalue weighted by Gasteiger charge is 2.15. The molecule has 2 aromatic rings. The second kappa shape index (κ2) is 4.30. The smallest absolute Gasteiger partial charge is 0.175 e. The fourth-order valence-electron chi connectivity index (χ4n) is 1.56. The maximum absolute atomic E-state index is 12.1. The van der Waals surface area contributed by atoms with Gasteiger partial charge in [0.2, 0.25) is 0 Å². The normalized spacial score (nSPS) is 10.9. The molecule has 0 aliphatic carbocycles. The molecule has 16 heavy (non-hydrogen) atoms. The van der Waals surface area contributed by atoms with Crippen LogP contribution in [0.3, 0.4) is 0 Å². The van der Waals surface area contributed by atoms with Gasteiger partial charge in [-0.1, -0.05) is 5.21 Å². The van der Waals surface area contributed by atoms with Crippen molar-refractivity contribution < 1.29 is 4.39 Å². The molecule has 0 atom stereocenters. The molecule has 7 heteroatoms. The van der Waals surface area contributed by atoms with Crippen LogP contribution in [-0.4, -0.2) is 31.4 Å². The largest absolute Gasteiger partial charge is 0.380 e. The first kappa shape index (κ1) is 10.6.